The molecule has 0 aliphatic carbocycles. The van der Waals surface area contributed by atoms with Crippen molar-refractivity contribution < 1.29 is 0 Å². The van der Waals surface area contributed by atoms with Gasteiger partial charge in [0.2, 0.25) is 0 Å². The zero-order valence-electron chi connectivity index (χ0n) is 19.2. The Balaban J connectivity index is 1.40. The van der Waals surface area contributed by atoms with Crippen molar-refractivity contribution in [2.24, 2.45) is 0 Å². The van der Waals surface area contributed by atoms with Crippen molar-refractivity contribution in [3.05, 3.63) is 78.8 Å². The summed E-state index contributed by atoms with van der Waals surface area (Å²) in [6.45, 7) is 6.22. The number of H-pyrrole nitrogens is 2. The first-order valence-corrected chi connectivity index (χ1v) is 12.3. The van der Waals surface area contributed by atoms with E-state index >= 15 is 0 Å². The highest BCUT2D eigenvalue weighted by atomic mass is 32.1. The standard InChI is InChI=1S/C27H23N7S/c1-3-5-16(2)31-18-10-17(13-28-14-18)22-12-21-24(15-30-22)33-34-26(21)23-11-20-19(25-6-4-9-35-25)7-8-29-27(20)32-23/h4,6-15,31H,2-3,5H2,1H3,(H,29,32)(H,33,34). The molecule has 6 heterocycles. The molecule has 0 aliphatic heterocycles. The molecule has 0 bridgehead atoms. The highest BCUT2D eigenvalue weighted by Crippen LogP contribution is 2.35. The first kappa shape index (κ1) is 21.2. The molecule has 8 heteroatoms. The summed E-state index contributed by atoms with van der Waals surface area (Å²) >= 11 is 1.72. The van der Waals surface area contributed by atoms with Gasteiger partial charge in [-0.2, -0.15) is 5.10 Å². The van der Waals surface area contributed by atoms with Crippen molar-refractivity contribution >= 4 is 39.0 Å². The Bertz CT molecular complexity index is 1660. The fraction of sp³-hybridized carbons (Fsp3) is 0.111. The molecule has 6 aromatic rings. The van der Waals surface area contributed by atoms with Crippen LogP contribution in [0.3, 0.4) is 0 Å². The molecule has 35 heavy (non-hydrogen) atoms. The summed E-state index contributed by atoms with van der Waals surface area (Å²) in [6, 6.07) is 12.5. The quantitative estimate of drug-likeness (QED) is 0.230. The molecule has 0 fully saturated rings. The van der Waals surface area contributed by atoms with Crippen LogP contribution in [0.4, 0.5) is 5.69 Å². The van der Waals surface area contributed by atoms with Crippen molar-refractivity contribution in [2.75, 3.05) is 5.32 Å². The average Bonchev–Trinajstić information content (AvgIpc) is 3.63. The van der Waals surface area contributed by atoms with E-state index in [1.54, 1.807) is 17.5 Å². The van der Waals surface area contributed by atoms with Gasteiger partial charge < -0.3 is 10.3 Å². The molecule has 7 nitrogen and oxygen atoms in total. The van der Waals surface area contributed by atoms with Crippen molar-refractivity contribution in [1.29, 1.82) is 0 Å². The van der Waals surface area contributed by atoms with Crippen LogP contribution in [0.1, 0.15) is 19.8 Å². The van der Waals surface area contributed by atoms with E-state index in [9.17, 15) is 0 Å². The van der Waals surface area contributed by atoms with E-state index in [1.165, 1.54) is 4.88 Å². The molecule has 0 amide bonds. The first-order valence-electron chi connectivity index (χ1n) is 11.5. The Kier molecular flexibility index (Phi) is 5.35. The van der Waals surface area contributed by atoms with E-state index < -0.39 is 0 Å². The number of hydrogen-bond donors (Lipinski definition) is 3. The number of nitrogens with one attached hydrogen (secondary N) is 3. The summed E-state index contributed by atoms with van der Waals surface area (Å²) in [4.78, 5) is 18.3. The molecule has 0 saturated carbocycles. The van der Waals surface area contributed by atoms with Gasteiger partial charge in [0.15, 0.2) is 0 Å². The third-order valence-electron chi connectivity index (χ3n) is 5.93. The van der Waals surface area contributed by atoms with Crippen LogP contribution in [-0.2, 0) is 0 Å². The fourth-order valence-corrected chi connectivity index (χ4v) is 5.06. The first-order chi connectivity index (χ1) is 17.2. The lowest BCUT2D eigenvalue weighted by atomic mass is 10.1. The van der Waals surface area contributed by atoms with Crippen molar-refractivity contribution in [3.8, 4) is 33.1 Å². The number of fused-ring (bicyclic) bond motifs is 2. The number of pyridine rings is 3. The molecule has 0 spiro atoms. The summed E-state index contributed by atoms with van der Waals surface area (Å²) in [5.41, 5.74) is 8.23. The van der Waals surface area contributed by atoms with Gasteiger partial charge in [-0.05, 0) is 42.1 Å². The second kappa shape index (κ2) is 8.81. The Hall–Kier alpha value is -4.30. The van der Waals surface area contributed by atoms with E-state index in [0.29, 0.717) is 0 Å². The maximum Gasteiger partial charge on any atom is 0.138 e. The van der Waals surface area contributed by atoms with Crippen molar-refractivity contribution in [3.63, 3.8) is 0 Å². The second-order valence-corrected chi connectivity index (χ2v) is 9.36. The van der Waals surface area contributed by atoms with E-state index in [-0.39, 0.29) is 0 Å². The minimum absolute atomic E-state index is 0.825. The van der Waals surface area contributed by atoms with Gasteiger partial charge in [0.05, 0.1) is 35.0 Å². The Morgan fingerprint density at radius 3 is 2.89 bits per heavy atom. The predicted molar refractivity (Wildman–Crippen MR) is 143 cm³/mol. The van der Waals surface area contributed by atoms with Crippen LogP contribution in [0.25, 0.3) is 55.0 Å². The zero-order chi connectivity index (χ0) is 23.8. The minimum atomic E-state index is 0.825. The third kappa shape index (κ3) is 3.98. The Labute approximate surface area is 206 Å². The summed E-state index contributed by atoms with van der Waals surface area (Å²) in [7, 11) is 0. The molecule has 0 atom stereocenters. The predicted octanol–water partition coefficient (Wildman–Crippen LogP) is 7.02. The monoisotopic (exact) mass is 477 g/mol. The van der Waals surface area contributed by atoms with Gasteiger partial charge in [-0.1, -0.05) is 26.0 Å². The molecule has 6 rings (SSSR count). The van der Waals surface area contributed by atoms with Crippen LogP contribution in [0.15, 0.2) is 78.8 Å². The molecule has 0 aliphatic rings. The maximum absolute atomic E-state index is 4.65. The van der Waals surface area contributed by atoms with E-state index in [0.717, 1.165) is 74.4 Å². The number of nitrogens with zero attached hydrogens (tertiary/aromatic N) is 4. The summed E-state index contributed by atoms with van der Waals surface area (Å²) in [5, 5.41) is 15.2. The third-order valence-corrected chi connectivity index (χ3v) is 6.83. The normalized spacial score (nSPS) is 11.3. The largest absolute Gasteiger partial charge is 0.358 e. The maximum atomic E-state index is 4.65. The van der Waals surface area contributed by atoms with Crippen LogP contribution in [-0.4, -0.2) is 30.1 Å². The molecule has 3 N–H and O–H groups in total. The molecule has 0 radical (unpaired) electrons. The van der Waals surface area contributed by atoms with Crippen molar-refractivity contribution in [1.82, 2.24) is 30.1 Å². The number of aromatic nitrogens is 6. The Morgan fingerprint density at radius 2 is 2.03 bits per heavy atom. The lowest BCUT2D eigenvalue weighted by Gasteiger charge is -2.09. The van der Waals surface area contributed by atoms with Crippen molar-refractivity contribution in [2.45, 2.75) is 19.8 Å². The van der Waals surface area contributed by atoms with Crippen LogP contribution < -0.4 is 5.32 Å². The van der Waals surface area contributed by atoms with Gasteiger partial charge in [-0.15, -0.1) is 11.3 Å². The molecule has 6 aromatic heterocycles. The average molecular weight is 478 g/mol. The van der Waals surface area contributed by atoms with Gasteiger partial charge in [0.1, 0.15) is 11.3 Å². The summed E-state index contributed by atoms with van der Waals surface area (Å²) in [6.07, 6.45) is 9.23. The molecule has 0 aromatic carbocycles. The van der Waals surface area contributed by atoms with Gasteiger partial charge in [0, 0.05) is 44.9 Å². The van der Waals surface area contributed by atoms with Gasteiger partial charge in [-0.25, -0.2) is 4.98 Å². The highest BCUT2D eigenvalue weighted by Gasteiger charge is 2.16. The van der Waals surface area contributed by atoms with Crippen LogP contribution in [0.5, 0.6) is 0 Å². The van der Waals surface area contributed by atoms with Crippen LogP contribution in [0, 0.1) is 0 Å². The number of allylic oxidation sites excluding steroid dienone is 1. The smallest absolute Gasteiger partial charge is 0.138 e. The minimum Gasteiger partial charge on any atom is -0.358 e. The van der Waals surface area contributed by atoms with Gasteiger partial charge >= 0.3 is 0 Å². The summed E-state index contributed by atoms with van der Waals surface area (Å²) in [5.74, 6) is 0. The lowest BCUT2D eigenvalue weighted by molar-refractivity contribution is 0.913. The highest BCUT2D eigenvalue weighted by molar-refractivity contribution is 7.13. The Morgan fingerprint density at radius 1 is 1.09 bits per heavy atom. The zero-order valence-corrected chi connectivity index (χ0v) is 20.0. The molecule has 0 saturated heterocycles. The van der Waals surface area contributed by atoms with Gasteiger partial charge in [0.25, 0.3) is 0 Å². The number of rotatable bonds is 7. The van der Waals surface area contributed by atoms with E-state index in [2.05, 4.69) is 84.7 Å². The molecular formula is C27H23N7S. The van der Waals surface area contributed by atoms with Crippen LogP contribution in [0.2, 0.25) is 0 Å². The number of aromatic amines is 2. The SMILES string of the molecule is C=C(CCC)Nc1cncc(-c2cc3c(-c4cc5c(-c6cccs6)ccnc5[nH]4)n[nH]c3cn2)c1. The number of anilines is 1. The second-order valence-electron chi connectivity index (χ2n) is 8.41. The topological polar surface area (TPSA) is 95.2 Å². The molecule has 0 unspecified atom stereocenters. The number of hydrogen-bond acceptors (Lipinski definition) is 6. The molecule has 172 valence electrons. The lowest BCUT2D eigenvalue weighted by Crippen LogP contribution is -1.98. The van der Waals surface area contributed by atoms with Crippen LogP contribution >= 0.6 is 11.3 Å². The van der Waals surface area contributed by atoms with Gasteiger partial charge in [-0.3, -0.25) is 15.1 Å². The summed E-state index contributed by atoms with van der Waals surface area (Å²) < 4.78 is 0. The number of thiophene rings is 1. The fourth-order valence-electron chi connectivity index (χ4n) is 4.30. The van der Waals surface area contributed by atoms with E-state index in [1.807, 2.05) is 24.7 Å². The van der Waals surface area contributed by atoms with E-state index in [4.69, 9.17) is 0 Å². The molecular weight excluding hydrogens is 454 g/mol.